The number of terminal acetylenes is 1. The van der Waals surface area contributed by atoms with Gasteiger partial charge in [-0.15, -0.1) is 6.42 Å². The number of nitrogens with one attached hydrogen (secondary N) is 1. The summed E-state index contributed by atoms with van der Waals surface area (Å²) in [6.07, 6.45) is 0.836. The Labute approximate surface area is 177 Å². The van der Waals surface area contributed by atoms with Crippen molar-refractivity contribution in [2.45, 2.75) is 24.0 Å². The van der Waals surface area contributed by atoms with Crippen molar-refractivity contribution in [1.29, 1.82) is 0 Å². The van der Waals surface area contributed by atoms with Gasteiger partial charge in [0, 0.05) is 12.3 Å². The largest absolute Gasteiger partial charge is 0.488 e. The zero-order valence-corrected chi connectivity index (χ0v) is 18.3. The van der Waals surface area contributed by atoms with Crippen LogP contribution in [0.3, 0.4) is 0 Å². The van der Waals surface area contributed by atoms with E-state index in [0.29, 0.717) is 4.57 Å². The molecule has 0 radical (unpaired) electrons. The van der Waals surface area contributed by atoms with Crippen LogP contribution in [0, 0.1) is 12.3 Å². The van der Waals surface area contributed by atoms with E-state index in [-0.39, 0.29) is 0 Å². The fourth-order valence-corrected chi connectivity index (χ4v) is 6.39. The zero-order chi connectivity index (χ0) is 23.8. The number of phosphoric acid groups is 2. The fraction of sp³-hybridized carbons (Fsp3) is 0.455. The maximum absolute atomic E-state index is 12.0. The minimum absolute atomic E-state index is 0.659. The first kappa shape index (κ1) is 26.2. The Hall–Kier alpha value is -1.05. The first-order valence-corrected chi connectivity index (χ1v) is 13.2. The molecule has 20 heteroatoms. The first-order valence-electron chi connectivity index (χ1n) is 7.63. The van der Waals surface area contributed by atoms with Gasteiger partial charge >= 0.3 is 28.1 Å². The van der Waals surface area contributed by atoms with Crippen molar-refractivity contribution in [1.82, 2.24) is 9.55 Å². The third-order valence-electron chi connectivity index (χ3n) is 3.64. The lowest BCUT2D eigenvalue weighted by Crippen LogP contribution is -2.48. The predicted octanol–water partition coefficient (Wildman–Crippen LogP) is -2.38. The van der Waals surface area contributed by atoms with E-state index >= 15 is 0 Å². The summed E-state index contributed by atoms with van der Waals surface area (Å²) in [7, 11) is -11.1. The molecule has 1 aromatic rings. The Morgan fingerprint density at radius 2 is 1.90 bits per heavy atom. The number of aliphatic hydroxyl groups is 2. The van der Waals surface area contributed by atoms with Crippen molar-refractivity contribution in [3.05, 3.63) is 33.1 Å². The summed E-state index contributed by atoms with van der Waals surface area (Å²) in [5, 5.41) is 20.9. The van der Waals surface area contributed by atoms with Gasteiger partial charge < -0.3 is 39.0 Å². The molecule has 0 spiro atoms. The van der Waals surface area contributed by atoms with E-state index < -0.39 is 64.3 Å². The Morgan fingerprint density at radius 1 is 1.29 bits per heavy atom. The molecule has 1 saturated heterocycles. The molecule has 16 nitrogen and oxygen atoms in total. The van der Waals surface area contributed by atoms with Gasteiger partial charge in [0.15, 0.2) is 11.8 Å². The molecule has 0 aliphatic carbocycles. The van der Waals surface area contributed by atoms with Gasteiger partial charge in [0.1, 0.15) is 12.2 Å². The molecule has 0 aromatic carbocycles. The average Bonchev–Trinajstić information content (AvgIpc) is 2.82. The van der Waals surface area contributed by atoms with E-state index in [1.54, 1.807) is 0 Å². The zero-order valence-electron chi connectivity index (χ0n) is 14.8. The van der Waals surface area contributed by atoms with Crippen LogP contribution in [0.5, 0.6) is 0 Å². The molecular weight excluding hydrogens is 509 g/mol. The molecule has 6 atom stereocenters. The van der Waals surface area contributed by atoms with Crippen LogP contribution < -0.4 is 11.2 Å². The van der Waals surface area contributed by atoms with Crippen LogP contribution in [0.25, 0.3) is 0 Å². The summed E-state index contributed by atoms with van der Waals surface area (Å²) in [4.78, 5) is 61.1. The lowest BCUT2D eigenvalue weighted by molar-refractivity contribution is -0.0757. The van der Waals surface area contributed by atoms with Crippen LogP contribution in [0.1, 0.15) is 6.23 Å². The molecular formula is C11H15N2O14P3S. The van der Waals surface area contributed by atoms with Crippen LogP contribution in [-0.4, -0.2) is 63.8 Å². The Balaban J connectivity index is 2.19. The van der Waals surface area contributed by atoms with E-state index in [9.17, 15) is 38.7 Å². The summed E-state index contributed by atoms with van der Waals surface area (Å²) in [5.41, 5.74) is -4.36. The topological polar surface area (TPSA) is 247 Å². The Morgan fingerprint density at radius 3 is 2.42 bits per heavy atom. The van der Waals surface area contributed by atoms with Gasteiger partial charge in [-0.05, 0) is 11.8 Å². The maximum Gasteiger partial charge on any atom is 0.488 e. The van der Waals surface area contributed by atoms with Crippen molar-refractivity contribution in [2.24, 2.45) is 0 Å². The SMILES string of the molecule is C#C[C@]1(O)C(n2ccc(=O)[nH]c2=O)OC(COP(O)(=S)OP(=O)(O)OP(=O)(O)O)[C@H]1O. The number of hydrogen-bond acceptors (Lipinski definition) is 11. The third-order valence-corrected chi connectivity index (χ3v) is 8.35. The van der Waals surface area contributed by atoms with Crippen molar-refractivity contribution in [3.63, 3.8) is 0 Å². The number of hydrogen-bond donors (Lipinski definition) is 7. The van der Waals surface area contributed by atoms with Gasteiger partial charge in [-0.2, -0.15) is 4.31 Å². The molecule has 1 fully saturated rings. The molecule has 174 valence electrons. The van der Waals surface area contributed by atoms with Crippen LogP contribution >= 0.6 is 22.4 Å². The summed E-state index contributed by atoms with van der Waals surface area (Å²) in [5.74, 6) is 1.84. The first-order chi connectivity index (χ1) is 14.0. The molecule has 1 aliphatic rings. The molecule has 0 amide bonds. The Kier molecular flexibility index (Phi) is 7.66. The highest BCUT2D eigenvalue weighted by molar-refractivity contribution is 8.08. The maximum atomic E-state index is 12.0. The minimum Gasteiger partial charge on any atom is -0.386 e. The van der Waals surface area contributed by atoms with Gasteiger partial charge in [-0.3, -0.25) is 14.3 Å². The lowest BCUT2D eigenvalue weighted by atomic mass is 9.95. The van der Waals surface area contributed by atoms with Crippen molar-refractivity contribution >= 4 is 34.2 Å². The monoisotopic (exact) mass is 524 g/mol. The Bertz CT molecular complexity index is 1140. The van der Waals surface area contributed by atoms with E-state index in [1.807, 2.05) is 10.9 Å². The molecule has 7 N–H and O–H groups in total. The van der Waals surface area contributed by atoms with Crippen LogP contribution in [0.4, 0.5) is 0 Å². The number of H-pyrrole nitrogens is 1. The number of rotatable bonds is 8. The predicted molar refractivity (Wildman–Crippen MR) is 102 cm³/mol. The van der Waals surface area contributed by atoms with Gasteiger partial charge in [0.2, 0.25) is 0 Å². The van der Waals surface area contributed by atoms with Crippen molar-refractivity contribution < 1.29 is 56.8 Å². The average molecular weight is 524 g/mol. The molecule has 4 unspecified atom stereocenters. The van der Waals surface area contributed by atoms with Gasteiger partial charge in [-0.25, -0.2) is 18.2 Å². The second kappa shape index (κ2) is 9.06. The van der Waals surface area contributed by atoms with E-state index in [4.69, 9.17) is 20.9 Å². The quantitative estimate of drug-likeness (QED) is 0.139. The van der Waals surface area contributed by atoms with E-state index in [2.05, 4.69) is 25.0 Å². The number of aromatic nitrogens is 2. The molecule has 0 bridgehead atoms. The van der Waals surface area contributed by atoms with Gasteiger partial charge in [0.25, 0.3) is 5.56 Å². The van der Waals surface area contributed by atoms with Crippen molar-refractivity contribution in [2.75, 3.05) is 6.61 Å². The normalized spacial score (nSPS) is 30.3. The smallest absolute Gasteiger partial charge is 0.386 e. The molecule has 1 aromatic heterocycles. The molecule has 0 saturated carbocycles. The van der Waals surface area contributed by atoms with Crippen LogP contribution in [-0.2, 0) is 38.8 Å². The number of aromatic amines is 1. The van der Waals surface area contributed by atoms with Crippen LogP contribution in [0.2, 0.25) is 0 Å². The van der Waals surface area contributed by atoms with Crippen molar-refractivity contribution in [3.8, 4) is 12.3 Å². The fourth-order valence-electron chi connectivity index (χ4n) is 2.42. The van der Waals surface area contributed by atoms with Gasteiger partial charge in [0.05, 0.1) is 6.61 Å². The molecule has 31 heavy (non-hydrogen) atoms. The minimum atomic E-state index is -5.57. The van der Waals surface area contributed by atoms with E-state index in [1.165, 1.54) is 0 Å². The molecule has 2 rings (SSSR count). The van der Waals surface area contributed by atoms with Crippen LogP contribution in [0.15, 0.2) is 21.9 Å². The highest BCUT2D eigenvalue weighted by Crippen LogP contribution is 2.66. The lowest BCUT2D eigenvalue weighted by Gasteiger charge is -2.26. The van der Waals surface area contributed by atoms with E-state index in [0.717, 1.165) is 12.3 Å². The number of ether oxygens (including phenoxy) is 1. The summed E-state index contributed by atoms with van der Waals surface area (Å²) < 4.78 is 40.3. The number of nitrogens with zero attached hydrogens (tertiary/aromatic N) is 1. The number of aliphatic hydroxyl groups excluding tert-OH is 1. The second-order valence-corrected chi connectivity index (χ2v) is 11.6. The molecule has 1 aliphatic heterocycles. The highest BCUT2D eigenvalue weighted by atomic mass is 32.5. The standard InChI is InChI=1S/C11H15N2O14P3S/c1-2-11(17)8(15)6(25-9(11)13-4-3-7(14)12-10(13)16)5-24-30(23,31)27-29(21,22)26-28(18,19)20/h1,3-4,6,8-9,15,17H,5H2,(H,21,22)(H,23,31)(H,12,14,16)(H2,18,19,20)/t6?,8-,9?,11-,30?/m1/s1. The molecule has 2 heterocycles. The highest BCUT2D eigenvalue weighted by Gasteiger charge is 2.56. The summed E-state index contributed by atoms with van der Waals surface area (Å²) >= 11 is 4.42. The second-order valence-electron chi connectivity index (χ2n) is 5.85. The summed E-state index contributed by atoms with van der Waals surface area (Å²) in [6, 6.07) is 0.902. The van der Waals surface area contributed by atoms with Gasteiger partial charge in [-0.1, -0.05) is 5.92 Å². The third kappa shape index (κ3) is 6.48. The summed E-state index contributed by atoms with van der Waals surface area (Å²) in [6.45, 7) is -5.67.